The minimum absolute atomic E-state index is 0.0857. The van der Waals surface area contributed by atoms with Gasteiger partial charge in [-0.25, -0.2) is 0 Å². The molecule has 5 heterocycles. The lowest BCUT2D eigenvalue weighted by Crippen LogP contribution is -2.10. The number of para-hydroxylation sites is 10. The van der Waals surface area contributed by atoms with Gasteiger partial charge in [-0.2, -0.15) is 0 Å². The Morgan fingerprint density at radius 3 is 0.725 bits per heavy atom. The zero-order valence-corrected chi connectivity index (χ0v) is 73.1. The predicted molar refractivity (Wildman–Crippen MR) is 561 cm³/mol. The first kappa shape index (κ1) is 72.6. The number of rotatable bonds is 19. The second-order valence-electron chi connectivity index (χ2n) is 32.4. The summed E-state index contributed by atoms with van der Waals surface area (Å²) in [5.74, 6) is 0. The van der Waals surface area contributed by atoms with Gasteiger partial charge in [-0.1, -0.05) is 218 Å². The van der Waals surface area contributed by atoms with E-state index >= 15 is 0 Å². The summed E-state index contributed by atoms with van der Waals surface area (Å²) in [6.07, 6.45) is 0. The number of hydrogen-bond donors (Lipinski definition) is 0. The maximum absolute atomic E-state index is 9.20. The van der Waals surface area contributed by atoms with Crippen LogP contribution in [0.15, 0.2) is 496 Å². The molecule has 0 amide bonds. The normalized spacial score (nSPS) is 12.0. The van der Waals surface area contributed by atoms with Gasteiger partial charge in [-0.3, -0.25) is 0 Å². The van der Waals surface area contributed by atoms with Crippen molar-refractivity contribution in [3.05, 3.63) is 491 Å². The molecule has 131 heavy (non-hydrogen) atoms. The minimum atomic E-state index is -0.439. The summed E-state index contributed by atoms with van der Waals surface area (Å²) in [6, 6.07) is 161. The molecule has 8 nitrogen and oxygen atoms in total. The van der Waals surface area contributed by atoms with Crippen molar-refractivity contribution in [3.63, 3.8) is 0 Å². The zero-order valence-electron chi connectivity index (χ0n) is 75.6. The molecule has 0 N–H and O–H groups in total. The molecule has 0 spiro atoms. The summed E-state index contributed by atoms with van der Waals surface area (Å²) in [5, 5.41) is 11.2. The molecule has 0 saturated heterocycles. The fourth-order valence-electron chi connectivity index (χ4n) is 18.7. The van der Waals surface area contributed by atoms with Crippen LogP contribution in [0, 0.1) is 0 Å². The SMILES string of the molecule is [2H]c1c([2H])c([2H])c(-n2c3ccc(N(c4ccccc4)c4ccccc4)cc3c3cc(N(c4ccccc4)c4ccc5oc6ccc(N(c7ccccc7)c7ccc8c(c7)sc7ccccc78)cc6c5c4)ccc32)c([2H])c1[2H].c1ccc(N(c2ccccc2)c2ccc3c(c2)sc2ccc(N(c4ccccc4)c4ccc5sc6cc(N(c7ccccc7)c7ccccc7)ccc6c5c4)cc23)cc1. The third kappa shape index (κ3) is 14.5. The van der Waals surface area contributed by atoms with Crippen molar-refractivity contribution in [3.8, 4) is 5.69 Å². The first-order valence-electron chi connectivity index (χ1n) is 46.2. The number of fused-ring (bicyclic) bond motifs is 15. The summed E-state index contributed by atoms with van der Waals surface area (Å²) in [7, 11) is 0. The van der Waals surface area contributed by atoms with Crippen LogP contribution in [0.3, 0.4) is 0 Å². The second-order valence-corrected chi connectivity index (χ2v) is 35.7. The molecule has 0 bridgehead atoms. The molecule has 0 radical (unpaired) electrons. The average Bonchev–Trinajstić information content (AvgIpc) is 1.56. The summed E-state index contributed by atoms with van der Waals surface area (Å²) in [5.41, 5.74) is 21.8. The first-order chi connectivity index (χ1) is 67.0. The van der Waals surface area contributed by atoms with E-state index in [0.717, 1.165) is 135 Å². The summed E-state index contributed by atoms with van der Waals surface area (Å²) in [4.78, 5) is 13.8. The zero-order chi connectivity index (χ0) is 91.0. The Hall–Kier alpha value is -16.5. The van der Waals surface area contributed by atoms with Crippen LogP contribution < -0.4 is 29.4 Å². The molecule has 5 aromatic heterocycles. The van der Waals surface area contributed by atoms with Crippen LogP contribution in [-0.4, -0.2) is 4.57 Å². The molecular weight excluding hydrogens is 1650 g/mol. The van der Waals surface area contributed by atoms with E-state index in [0.29, 0.717) is 11.0 Å². The topological polar surface area (TPSA) is 37.5 Å². The van der Waals surface area contributed by atoms with E-state index < -0.39 is 18.1 Å². The first-order valence-corrected chi connectivity index (χ1v) is 46.2. The summed E-state index contributed by atoms with van der Waals surface area (Å²) < 4.78 is 60.3. The van der Waals surface area contributed by atoms with E-state index in [-0.39, 0.29) is 17.8 Å². The molecule has 11 heteroatoms. The lowest BCUT2D eigenvalue weighted by atomic mass is 10.1. The van der Waals surface area contributed by atoms with Crippen LogP contribution in [0.1, 0.15) is 6.85 Å². The number of furan rings is 1. The average molecular weight is 1740 g/mol. The van der Waals surface area contributed by atoms with Gasteiger partial charge in [0.15, 0.2) is 0 Å². The molecule has 20 aromatic carbocycles. The quantitative estimate of drug-likeness (QED) is 0.0799. The van der Waals surface area contributed by atoms with Crippen molar-refractivity contribution in [2.75, 3.05) is 29.4 Å². The highest BCUT2D eigenvalue weighted by Crippen LogP contribution is 2.51. The fraction of sp³-hybridized carbons (Fsp3) is 0. The van der Waals surface area contributed by atoms with Crippen LogP contribution in [0.4, 0.5) is 102 Å². The monoisotopic (exact) mass is 1740 g/mol. The Morgan fingerprint density at radius 2 is 0.405 bits per heavy atom. The van der Waals surface area contributed by atoms with Gasteiger partial charge in [-0.15, -0.1) is 34.0 Å². The number of anilines is 18. The van der Waals surface area contributed by atoms with Crippen molar-refractivity contribution in [2.45, 2.75) is 0 Å². The Bertz CT molecular complexity index is 8490. The Kier molecular flexibility index (Phi) is 18.7. The molecule has 25 aromatic rings. The highest BCUT2D eigenvalue weighted by Gasteiger charge is 2.26. The van der Waals surface area contributed by atoms with Crippen molar-refractivity contribution in [1.29, 1.82) is 0 Å². The lowest BCUT2D eigenvalue weighted by molar-refractivity contribution is 0.669. The van der Waals surface area contributed by atoms with Gasteiger partial charge >= 0.3 is 0 Å². The summed E-state index contributed by atoms with van der Waals surface area (Å²) in [6.45, 7) is 0. The number of aromatic nitrogens is 1. The molecule has 0 fully saturated rings. The van der Waals surface area contributed by atoms with E-state index in [1.54, 1.807) is 0 Å². The molecule has 0 aliphatic heterocycles. The van der Waals surface area contributed by atoms with Crippen molar-refractivity contribution in [1.82, 2.24) is 4.57 Å². The molecule has 0 atom stereocenters. The highest BCUT2D eigenvalue weighted by molar-refractivity contribution is 7.26. The number of nitrogens with zero attached hydrogens (tertiary/aromatic N) is 7. The van der Waals surface area contributed by atoms with Gasteiger partial charge < -0.3 is 38.4 Å². The lowest BCUT2D eigenvalue weighted by Gasteiger charge is -2.26. The van der Waals surface area contributed by atoms with Crippen LogP contribution in [0.5, 0.6) is 0 Å². The maximum Gasteiger partial charge on any atom is 0.135 e. The van der Waals surface area contributed by atoms with Gasteiger partial charge in [0.25, 0.3) is 0 Å². The van der Waals surface area contributed by atoms with Crippen LogP contribution >= 0.6 is 34.0 Å². The van der Waals surface area contributed by atoms with Gasteiger partial charge in [-0.05, 0) is 273 Å². The van der Waals surface area contributed by atoms with Gasteiger partial charge in [0.05, 0.1) is 17.9 Å². The largest absolute Gasteiger partial charge is 0.456 e. The van der Waals surface area contributed by atoms with E-state index in [9.17, 15) is 2.74 Å². The second kappa shape index (κ2) is 33.7. The molecule has 0 aliphatic carbocycles. The van der Waals surface area contributed by atoms with Crippen LogP contribution in [0.2, 0.25) is 0 Å². The smallest absolute Gasteiger partial charge is 0.135 e. The number of hydrogen-bond acceptors (Lipinski definition) is 10. The molecule has 0 unspecified atom stereocenters. The van der Waals surface area contributed by atoms with E-state index in [4.69, 9.17) is 8.53 Å². The number of thiophene rings is 3. The van der Waals surface area contributed by atoms with E-state index in [1.807, 2.05) is 130 Å². The molecular formula is C120H81N7OS3. The van der Waals surface area contributed by atoms with Gasteiger partial charge in [0, 0.05) is 190 Å². The third-order valence-corrected chi connectivity index (χ3v) is 28.0. The minimum Gasteiger partial charge on any atom is -0.456 e. The fourth-order valence-corrected chi connectivity index (χ4v) is 22.1. The Balaban J connectivity index is 0.000000154. The van der Waals surface area contributed by atoms with Crippen LogP contribution in [0.25, 0.3) is 110 Å². The van der Waals surface area contributed by atoms with Crippen molar-refractivity contribution in [2.24, 2.45) is 0 Å². The molecule has 620 valence electrons. The maximum atomic E-state index is 9.20. The summed E-state index contributed by atoms with van der Waals surface area (Å²) >= 11 is 5.51. The number of benzene rings is 20. The van der Waals surface area contributed by atoms with Crippen LogP contribution in [-0.2, 0) is 0 Å². The Morgan fingerprint density at radius 1 is 0.176 bits per heavy atom. The van der Waals surface area contributed by atoms with Gasteiger partial charge in [0.2, 0.25) is 0 Å². The van der Waals surface area contributed by atoms with Crippen molar-refractivity contribution < 1.29 is 11.3 Å². The molecule has 0 aliphatic rings. The van der Waals surface area contributed by atoms with Gasteiger partial charge in [0.1, 0.15) is 11.2 Å². The standard InChI is InChI=1S/C66H44N4OS.C54H37N3S2/c1-6-18-45(19-7-1)67(46-20-8-2-9-21-46)50-31-36-61-57(40-50)58-41-51(32-37-62(58)70(61)49-26-14-5-15-27-49)68(47-22-10-3-11-23-47)52-33-38-63-59(42-52)60-43-53(34-39-64(60)71-63)69(48-24-12-4-13-25-48)54-30-35-56-55-28-16-17-29-65(55)72-66(56)44-54;1-6-16-38(17-7-1)55(39-18-8-2-9-19-39)45-26-30-47-49-34-43(28-32-51(49)58-53(47)36-45)57(42-24-14-5-15-25-42)44-29-33-52-50(35-44)48-31-27-46(37-54(48)59-52)56(40-20-10-3-11-21-40)41-22-12-4-13-23-41/h1-44H;1-37H/i5D,14D,15D,26D,27D;. The van der Waals surface area contributed by atoms with Crippen molar-refractivity contribution >= 4 is 241 Å². The predicted octanol–water partition coefficient (Wildman–Crippen LogP) is 36.3. The highest BCUT2D eigenvalue weighted by atomic mass is 32.1. The molecule has 0 saturated carbocycles. The third-order valence-electron chi connectivity index (χ3n) is 24.6. The Labute approximate surface area is 777 Å². The van der Waals surface area contributed by atoms with E-state index in [2.05, 4.69) is 399 Å². The van der Waals surface area contributed by atoms with E-state index in [1.165, 1.54) is 60.5 Å². The molecule has 25 rings (SSSR count).